The molecule has 178 valence electrons. The molecule has 0 bridgehead atoms. The molecule has 1 aromatic rings. The fourth-order valence-electron chi connectivity index (χ4n) is 4.70. The fraction of sp³-hybridized carbons (Fsp3) is 0.538. The average Bonchev–Trinajstić information content (AvgIpc) is 3.06. The number of fused-ring (bicyclic) bond motifs is 1. The topological polar surface area (TPSA) is 86.8 Å². The summed E-state index contributed by atoms with van der Waals surface area (Å²) in [5, 5.41) is 2.91. The predicted molar refractivity (Wildman–Crippen MR) is 126 cm³/mol. The second-order valence-corrected chi connectivity index (χ2v) is 8.90. The van der Waals surface area contributed by atoms with Crippen LogP contribution in [0.3, 0.4) is 0 Å². The summed E-state index contributed by atoms with van der Waals surface area (Å²) in [5.41, 5.74) is 2.01. The van der Waals surface area contributed by atoms with E-state index >= 15 is 0 Å². The molecule has 7 heteroatoms. The van der Waals surface area contributed by atoms with Gasteiger partial charge in [-0.25, -0.2) is 0 Å². The van der Waals surface area contributed by atoms with Gasteiger partial charge in [0.25, 0.3) is 0 Å². The van der Waals surface area contributed by atoms with Crippen LogP contribution in [0, 0.1) is 18.8 Å². The van der Waals surface area contributed by atoms with E-state index in [4.69, 9.17) is 0 Å². The van der Waals surface area contributed by atoms with E-state index in [0.29, 0.717) is 32.4 Å². The van der Waals surface area contributed by atoms with Crippen LogP contribution in [0.4, 0.5) is 0 Å². The molecule has 0 saturated carbocycles. The molecule has 1 N–H and O–H groups in total. The summed E-state index contributed by atoms with van der Waals surface area (Å²) in [6.45, 7) is 6.76. The maximum atomic E-state index is 13.4. The van der Waals surface area contributed by atoms with Crippen LogP contribution in [-0.2, 0) is 25.7 Å². The first-order valence-corrected chi connectivity index (χ1v) is 12.0. The Morgan fingerprint density at radius 1 is 1.09 bits per heavy atom. The van der Waals surface area contributed by atoms with Crippen LogP contribution in [0.5, 0.6) is 0 Å². The molecule has 3 atom stereocenters. The number of nitrogens with zero attached hydrogens (tertiary/aromatic N) is 2. The van der Waals surface area contributed by atoms with Crippen LogP contribution in [0.25, 0.3) is 0 Å². The van der Waals surface area contributed by atoms with Gasteiger partial charge in [0.05, 0.1) is 11.8 Å². The summed E-state index contributed by atoms with van der Waals surface area (Å²) in [6, 6.07) is 7.18. The minimum Gasteiger partial charge on any atom is -0.354 e. The molecule has 33 heavy (non-hydrogen) atoms. The number of likely N-dealkylation sites (tertiary alicyclic amines) is 1. The highest BCUT2D eigenvalue weighted by molar-refractivity contribution is 6.05. The summed E-state index contributed by atoms with van der Waals surface area (Å²) in [5.74, 6) is -1.37. The molecule has 0 spiro atoms. The van der Waals surface area contributed by atoms with Gasteiger partial charge in [-0.3, -0.25) is 24.1 Å². The van der Waals surface area contributed by atoms with E-state index in [1.54, 1.807) is 4.90 Å². The maximum Gasteiger partial charge on any atom is 0.242 e. The molecule has 2 aliphatic rings. The highest BCUT2D eigenvalue weighted by Gasteiger charge is 2.47. The monoisotopic (exact) mass is 453 g/mol. The predicted octanol–water partition coefficient (Wildman–Crippen LogP) is 2.97. The molecule has 3 rings (SSSR count). The molecule has 1 saturated heterocycles. The van der Waals surface area contributed by atoms with E-state index in [9.17, 15) is 19.2 Å². The fourth-order valence-corrected chi connectivity index (χ4v) is 4.70. The van der Waals surface area contributed by atoms with Crippen molar-refractivity contribution in [1.82, 2.24) is 15.1 Å². The smallest absolute Gasteiger partial charge is 0.242 e. The highest BCUT2D eigenvalue weighted by Crippen LogP contribution is 2.35. The Hall–Kier alpha value is -2.96. The number of aryl methyl sites for hydroxylation is 1. The molecule has 4 amide bonds. The van der Waals surface area contributed by atoms with Crippen LogP contribution < -0.4 is 5.32 Å². The van der Waals surface area contributed by atoms with Gasteiger partial charge in [0.15, 0.2) is 0 Å². The van der Waals surface area contributed by atoms with Crippen molar-refractivity contribution < 1.29 is 19.2 Å². The zero-order valence-corrected chi connectivity index (χ0v) is 19.9. The van der Waals surface area contributed by atoms with Crippen LogP contribution in [0.2, 0.25) is 0 Å². The van der Waals surface area contributed by atoms with Crippen LogP contribution >= 0.6 is 0 Å². The Balaban J connectivity index is 1.75. The van der Waals surface area contributed by atoms with E-state index in [-0.39, 0.29) is 48.4 Å². The quantitative estimate of drug-likeness (QED) is 0.436. The molecule has 7 nitrogen and oxygen atoms in total. The number of hydrogen-bond donors (Lipinski definition) is 1. The first-order chi connectivity index (χ1) is 15.9. The number of rotatable bonds is 10. The number of benzene rings is 1. The molecule has 1 heterocycles. The normalized spacial score (nSPS) is 20.5. The lowest BCUT2D eigenvalue weighted by atomic mass is 9.85. The lowest BCUT2D eigenvalue weighted by molar-refractivity contribution is -0.144. The Labute approximate surface area is 196 Å². The zero-order valence-electron chi connectivity index (χ0n) is 19.9. The molecule has 1 aliphatic carbocycles. The van der Waals surface area contributed by atoms with Crippen molar-refractivity contribution in [3.05, 3.63) is 47.5 Å². The third-order valence-electron chi connectivity index (χ3n) is 6.69. The van der Waals surface area contributed by atoms with Crippen LogP contribution in [0.15, 0.2) is 36.4 Å². The number of carbonyl (C=O) groups is 4. The van der Waals surface area contributed by atoms with Crippen molar-refractivity contribution >= 4 is 23.6 Å². The number of carbonyl (C=O) groups excluding carboxylic acids is 4. The Morgan fingerprint density at radius 3 is 2.30 bits per heavy atom. The van der Waals surface area contributed by atoms with Crippen molar-refractivity contribution in [3.8, 4) is 0 Å². The van der Waals surface area contributed by atoms with Crippen LogP contribution in [0.1, 0.15) is 57.1 Å². The summed E-state index contributed by atoms with van der Waals surface area (Å²) in [4.78, 5) is 54.7. The molecular formula is C26H35N3O4. The highest BCUT2D eigenvalue weighted by atomic mass is 16.2. The van der Waals surface area contributed by atoms with Crippen molar-refractivity contribution in [2.75, 3.05) is 13.1 Å². The van der Waals surface area contributed by atoms with Gasteiger partial charge in [-0.15, -0.1) is 0 Å². The Morgan fingerprint density at radius 2 is 1.73 bits per heavy atom. The van der Waals surface area contributed by atoms with Crippen molar-refractivity contribution in [2.45, 2.75) is 65.5 Å². The van der Waals surface area contributed by atoms with Gasteiger partial charge in [-0.2, -0.15) is 0 Å². The number of hydrogen-bond acceptors (Lipinski definition) is 4. The van der Waals surface area contributed by atoms with E-state index in [1.807, 2.05) is 57.2 Å². The summed E-state index contributed by atoms with van der Waals surface area (Å²) >= 11 is 0. The van der Waals surface area contributed by atoms with Gasteiger partial charge in [0.1, 0.15) is 6.04 Å². The third-order valence-corrected chi connectivity index (χ3v) is 6.69. The number of nitrogens with one attached hydrogen (secondary N) is 1. The first-order valence-electron chi connectivity index (χ1n) is 12.0. The largest absolute Gasteiger partial charge is 0.354 e. The van der Waals surface area contributed by atoms with Gasteiger partial charge < -0.3 is 10.2 Å². The van der Waals surface area contributed by atoms with Gasteiger partial charge in [0, 0.05) is 26.1 Å². The van der Waals surface area contributed by atoms with Gasteiger partial charge in [-0.05, 0) is 43.7 Å². The molecular weight excluding hydrogens is 418 g/mol. The minimum absolute atomic E-state index is 0.00773. The zero-order chi connectivity index (χ0) is 24.0. The molecule has 1 fully saturated rings. The van der Waals surface area contributed by atoms with E-state index < -0.39 is 6.04 Å². The van der Waals surface area contributed by atoms with Crippen molar-refractivity contribution in [3.63, 3.8) is 0 Å². The van der Waals surface area contributed by atoms with Gasteiger partial charge >= 0.3 is 0 Å². The van der Waals surface area contributed by atoms with Crippen LogP contribution in [-0.4, -0.2) is 52.6 Å². The summed E-state index contributed by atoms with van der Waals surface area (Å²) in [7, 11) is 0. The number of allylic oxidation sites excluding steroid dienone is 2. The van der Waals surface area contributed by atoms with Crippen molar-refractivity contribution in [1.29, 1.82) is 0 Å². The minimum atomic E-state index is -0.611. The lowest BCUT2D eigenvalue weighted by Crippen LogP contribution is -2.50. The molecule has 1 aliphatic heterocycles. The maximum absolute atomic E-state index is 13.4. The van der Waals surface area contributed by atoms with Crippen molar-refractivity contribution in [2.24, 2.45) is 11.8 Å². The van der Waals surface area contributed by atoms with E-state index in [2.05, 4.69) is 5.32 Å². The number of imide groups is 1. The second-order valence-electron chi connectivity index (χ2n) is 8.90. The second kappa shape index (κ2) is 11.3. The summed E-state index contributed by atoms with van der Waals surface area (Å²) < 4.78 is 0. The third kappa shape index (κ3) is 5.52. The van der Waals surface area contributed by atoms with Gasteiger partial charge in [-0.1, -0.05) is 50.3 Å². The van der Waals surface area contributed by atoms with Gasteiger partial charge in [0.2, 0.25) is 23.6 Å². The SMILES string of the molecule is CCCNC(=O)[C@@H](CC)N(Cc1ccccc1C)C(=O)CCN1C(=O)[C@H]2CC=CC[C@H]2C1=O. The van der Waals surface area contributed by atoms with E-state index in [1.165, 1.54) is 4.90 Å². The Kier molecular flexibility index (Phi) is 8.42. The first kappa shape index (κ1) is 24.7. The summed E-state index contributed by atoms with van der Waals surface area (Å²) in [6.07, 6.45) is 6.35. The molecule has 1 aromatic carbocycles. The molecule has 0 aromatic heterocycles. The number of amides is 4. The standard InChI is InChI=1S/C26H35N3O4/c1-4-15-27-24(31)22(5-2)29(17-19-11-7-6-10-18(19)3)23(30)14-16-28-25(32)20-12-8-9-13-21(20)26(28)33/h6-11,20-22H,4-5,12-17H2,1-3H3,(H,27,31)/t20-,21+,22-/m1/s1. The lowest BCUT2D eigenvalue weighted by Gasteiger charge is -2.31. The van der Waals surface area contributed by atoms with E-state index in [0.717, 1.165) is 17.5 Å². The Bertz CT molecular complexity index is 900. The molecule has 0 unspecified atom stereocenters. The average molecular weight is 454 g/mol. The molecule has 0 radical (unpaired) electrons.